The molecule has 168 valence electrons. The molecule has 3 heterocycles. The van der Waals surface area contributed by atoms with E-state index in [9.17, 15) is 13.6 Å². The lowest BCUT2D eigenvalue weighted by Gasteiger charge is -2.33. The van der Waals surface area contributed by atoms with E-state index in [2.05, 4.69) is 15.3 Å². The zero-order valence-corrected chi connectivity index (χ0v) is 18.2. The third kappa shape index (κ3) is 4.09. The van der Waals surface area contributed by atoms with E-state index in [0.717, 1.165) is 41.2 Å². The molecular formula is C24H27F2N5O. The fourth-order valence-electron chi connectivity index (χ4n) is 4.61. The number of alkyl halides is 2. The van der Waals surface area contributed by atoms with Crippen LogP contribution in [0.1, 0.15) is 48.4 Å². The van der Waals surface area contributed by atoms with Crippen molar-refractivity contribution < 1.29 is 13.6 Å². The predicted octanol–water partition coefficient (Wildman–Crippen LogP) is 4.62. The summed E-state index contributed by atoms with van der Waals surface area (Å²) in [5.74, 6) is 0.860. The zero-order valence-electron chi connectivity index (χ0n) is 18.2. The summed E-state index contributed by atoms with van der Waals surface area (Å²) in [5.41, 5.74) is 9.87. The first kappa shape index (κ1) is 21.9. The molecule has 0 fully saturated rings. The van der Waals surface area contributed by atoms with Crippen LogP contribution >= 0.6 is 0 Å². The molecule has 4 rings (SSSR count). The maximum Gasteiger partial charge on any atom is 0.264 e. The molecular weight excluding hydrogens is 412 g/mol. The van der Waals surface area contributed by atoms with Crippen LogP contribution in [0.5, 0.6) is 0 Å². The van der Waals surface area contributed by atoms with Gasteiger partial charge in [-0.3, -0.25) is 9.79 Å². The normalized spacial score (nSPS) is 19.0. The summed E-state index contributed by atoms with van der Waals surface area (Å²) in [7, 11) is 1.58. The number of hydrogen-bond acceptors (Lipinski definition) is 5. The van der Waals surface area contributed by atoms with Crippen LogP contribution in [-0.4, -0.2) is 30.7 Å². The number of aromatic nitrogens is 1. The summed E-state index contributed by atoms with van der Waals surface area (Å²) in [4.78, 5) is 22.8. The number of aryl methyl sites for hydroxylation is 1. The second kappa shape index (κ2) is 9.06. The van der Waals surface area contributed by atoms with E-state index < -0.39 is 6.43 Å². The number of amides is 1. The Hall–Kier alpha value is -3.29. The number of carbonyl (C=O) groups is 1. The fourth-order valence-corrected chi connectivity index (χ4v) is 4.61. The Balaban J connectivity index is 1.86. The van der Waals surface area contributed by atoms with E-state index >= 15 is 0 Å². The van der Waals surface area contributed by atoms with Crippen molar-refractivity contribution in [2.45, 2.75) is 39.0 Å². The molecule has 8 heteroatoms. The van der Waals surface area contributed by atoms with E-state index in [1.807, 2.05) is 11.8 Å². The maximum atomic E-state index is 14.1. The van der Waals surface area contributed by atoms with Crippen molar-refractivity contribution in [2.24, 2.45) is 16.6 Å². The highest BCUT2D eigenvalue weighted by Crippen LogP contribution is 2.42. The topological polar surface area (TPSA) is 83.6 Å². The Morgan fingerprint density at radius 3 is 2.91 bits per heavy atom. The molecule has 1 atom stereocenters. The Kier molecular flexibility index (Phi) is 6.21. The average Bonchev–Trinajstić information content (AvgIpc) is 2.92. The van der Waals surface area contributed by atoms with Gasteiger partial charge in [0, 0.05) is 66.7 Å². The molecule has 0 unspecified atom stereocenters. The van der Waals surface area contributed by atoms with Crippen molar-refractivity contribution in [3.05, 3.63) is 52.8 Å². The standard InChI is InChI=1S/C24H27F2N5O/c1-14-8-19-20(30-22(32)9-14)5-6-29-24(19)31-7-3-4-15-10-17(16(12-27)13-28-2)18(23(25)26)11-21(15)31/h5-6,10-14,23H,3-4,7-9,27H2,1-2H3,(H,30,32)/t14-/m0/s1. The van der Waals surface area contributed by atoms with Gasteiger partial charge in [-0.15, -0.1) is 0 Å². The van der Waals surface area contributed by atoms with Gasteiger partial charge in [-0.1, -0.05) is 6.92 Å². The number of anilines is 3. The van der Waals surface area contributed by atoms with Crippen LogP contribution < -0.4 is 16.0 Å². The first-order chi connectivity index (χ1) is 15.4. The number of hydrogen-bond donors (Lipinski definition) is 2. The van der Waals surface area contributed by atoms with Crippen LogP contribution in [0.2, 0.25) is 0 Å². The molecule has 2 aliphatic rings. The van der Waals surface area contributed by atoms with Gasteiger partial charge in [0.05, 0.1) is 0 Å². The second-order valence-corrected chi connectivity index (χ2v) is 8.36. The third-order valence-corrected chi connectivity index (χ3v) is 6.01. The zero-order chi connectivity index (χ0) is 22.8. The first-order valence-corrected chi connectivity index (χ1v) is 10.8. The second-order valence-electron chi connectivity index (χ2n) is 8.36. The van der Waals surface area contributed by atoms with E-state index in [0.29, 0.717) is 30.5 Å². The molecule has 3 N–H and O–H groups in total. The minimum absolute atomic E-state index is 0.0178. The third-order valence-electron chi connectivity index (χ3n) is 6.01. The van der Waals surface area contributed by atoms with Crippen LogP contribution in [0.3, 0.4) is 0 Å². The summed E-state index contributed by atoms with van der Waals surface area (Å²) in [6.07, 6.45) is 4.56. The molecule has 2 aliphatic heterocycles. The number of benzene rings is 1. The van der Waals surface area contributed by atoms with Gasteiger partial charge in [-0.05, 0) is 54.5 Å². The molecule has 2 aromatic rings. The van der Waals surface area contributed by atoms with Crippen molar-refractivity contribution in [1.29, 1.82) is 0 Å². The number of rotatable bonds is 4. The minimum Gasteiger partial charge on any atom is -0.404 e. The van der Waals surface area contributed by atoms with E-state index in [1.54, 1.807) is 31.4 Å². The molecule has 0 spiro atoms. The largest absolute Gasteiger partial charge is 0.404 e. The molecule has 1 aromatic heterocycles. The number of halogens is 2. The van der Waals surface area contributed by atoms with Gasteiger partial charge in [0.1, 0.15) is 5.82 Å². The van der Waals surface area contributed by atoms with Gasteiger partial charge in [0.25, 0.3) is 6.43 Å². The number of pyridine rings is 1. The summed E-state index contributed by atoms with van der Waals surface area (Å²) >= 11 is 0. The number of nitrogens with two attached hydrogens (primary N) is 1. The van der Waals surface area contributed by atoms with Crippen molar-refractivity contribution in [3.63, 3.8) is 0 Å². The lowest BCUT2D eigenvalue weighted by atomic mass is 9.91. The van der Waals surface area contributed by atoms with Gasteiger partial charge in [0.15, 0.2) is 0 Å². The lowest BCUT2D eigenvalue weighted by molar-refractivity contribution is -0.116. The molecule has 32 heavy (non-hydrogen) atoms. The molecule has 0 saturated heterocycles. The van der Waals surface area contributed by atoms with Crippen LogP contribution in [0.4, 0.5) is 26.0 Å². The quantitative estimate of drug-likeness (QED) is 0.681. The molecule has 1 aromatic carbocycles. The summed E-state index contributed by atoms with van der Waals surface area (Å²) in [6.45, 7) is 2.70. The number of allylic oxidation sites excluding steroid dienone is 1. The van der Waals surface area contributed by atoms with Gasteiger partial charge in [-0.25, -0.2) is 13.8 Å². The first-order valence-electron chi connectivity index (χ1n) is 10.8. The number of fused-ring (bicyclic) bond motifs is 2. The number of aliphatic imine (C=N–C) groups is 1. The van der Waals surface area contributed by atoms with Crippen LogP contribution in [0.15, 0.2) is 35.6 Å². The van der Waals surface area contributed by atoms with E-state index in [1.165, 1.54) is 12.4 Å². The monoisotopic (exact) mass is 439 g/mol. The van der Waals surface area contributed by atoms with Gasteiger partial charge in [-0.2, -0.15) is 0 Å². The summed E-state index contributed by atoms with van der Waals surface area (Å²) < 4.78 is 28.2. The van der Waals surface area contributed by atoms with Crippen LogP contribution in [-0.2, 0) is 17.6 Å². The Morgan fingerprint density at radius 1 is 1.38 bits per heavy atom. The number of carbonyl (C=O) groups excluding carboxylic acids is 1. The molecule has 6 nitrogen and oxygen atoms in total. The van der Waals surface area contributed by atoms with Crippen LogP contribution in [0.25, 0.3) is 5.57 Å². The van der Waals surface area contributed by atoms with Crippen molar-refractivity contribution in [3.8, 4) is 0 Å². The van der Waals surface area contributed by atoms with Gasteiger partial charge < -0.3 is 16.0 Å². The summed E-state index contributed by atoms with van der Waals surface area (Å²) in [5, 5.41) is 2.97. The lowest BCUT2D eigenvalue weighted by Crippen LogP contribution is -2.27. The Bertz CT molecular complexity index is 1100. The maximum absolute atomic E-state index is 14.1. The average molecular weight is 440 g/mol. The molecule has 1 amide bonds. The highest BCUT2D eigenvalue weighted by atomic mass is 19.3. The van der Waals surface area contributed by atoms with Crippen molar-refractivity contribution in [2.75, 3.05) is 23.8 Å². The van der Waals surface area contributed by atoms with Crippen LogP contribution in [0, 0.1) is 5.92 Å². The molecule has 0 radical (unpaired) electrons. The predicted molar refractivity (Wildman–Crippen MR) is 124 cm³/mol. The highest BCUT2D eigenvalue weighted by molar-refractivity contribution is 6.10. The van der Waals surface area contributed by atoms with Gasteiger partial charge in [0.2, 0.25) is 5.91 Å². The minimum atomic E-state index is -2.67. The number of nitrogens with zero attached hydrogens (tertiary/aromatic N) is 3. The summed E-state index contributed by atoms with van der Waals surface area (Å²) in [6, 6.07) is 5.16. The van der Waals surface area contributed by atoms with Crippen molar-refractivity contribution in [1.82, 2.24) is 4.98 Å². The SMILES string of the molecule is CN=CC(=CN)c1cc2c(cc1C(F)F)N(c1nccc3c1C[C@H](C)CC(=O)N3)CCC2. The molecule has 0 saturated carbocycles. The fraction of sp³-hybridized carbons (Fsp3) is 0.375. The van der Waals surface area contributed by atoms with Gasteiger partial charge >= 0.3 is 0 Å². The Morgan fingerprint density at radius 2 is 2.19 bits per heavy atom. The molecule has 0 aliphatic carbocycles. The Labute approximate surface area is 186 Å². The van der Waals surface area contributed by atoms with E-state index in [-0.39, 0.29) is 17.4 Å². The number of nitrogens with one attached hydrogen (secondary N) is 1. The van der Waals surface area contributed by atoms with E-state index in [4.69, 9.17) is 5.73 Å². The smallest absolute Gasteiger partial charge is 0.264 e. The molecule has 0 bridgehead atoms. The van der Waals surface area contributed by atoms with Crippen molar-refractivity contribution >= 4 is 34.9 Å². The highest BCUT2D eigenvalue weighted by Gasteiger charge is 2.29.